The van der Waals surface area contributed by atoms with Gasteiger partial charge in [0, 0.05) is 6.61 Å². The fourth-order valence-electron chi connectivity index (χ4n) is 2.37. The average molecular weight is 258 g/mol. The predicted molar refractivity (Wildman–Crippen MR) is 70.5 cm³/mol. The number of aliphatic hydroxyl groups is 1. The number of hydrogen-bond acceptors (Lipinski definition) is 3. The van der Waals surface area contributed by atoms with E-state index in [0.29, 0.717) is 12.0 Å². The van der Waals surface area contributed by atoms with Crippen molar-refractivity contribution >= 4 is 8.32 Å². The summed E-state index contributed by atoms with van der Waals surface area (Å²) in [5.41, 5.74) is 0. The number of epoxide rings is 1. The fraction of sp³-hybridized carbons (Fsp3) is 1.00. The van der Waals surface area contributed by atoms with Gasteiger partial charge in [0.05, 0.1) is 12.2 Å². The van der Waals surface area contributed by atoms with Gasteiger partial charge in [0.15, 0.2) is 8.32 Å². The molecule has 17 heavy (non-hydrogen) atoms. The van der Waals surface area contributed by atoms with Gasteiger partial charge < -0.3 is 14.3 Å². The second-order valence-corrected chi connectivity index (χ2v) is 11.8. The minimum absolute atomic E-state index is 0.146. The number of hydrogen-bond donors (Lipinski definition) is 1. The Balaban J connectivity index is 1.73. The molecule has 2 rings (SSSR count). The first-order valence-electron chi connectivity index (χ1n) is 6.70. The minimum atomic E-state index is -1.61. The Hall–Kier alpha value is 0.0969. The minimum Gasteiger partial charge on any atom is -0.417 e. The lowest BCUT2D eigenvalue weighted by Crippen LogP contribution is -2.41. The lowest BCUT2D eigenvalue weighted by molar-refractivity contribution is 0.0927. The molecule has 0 amide bonds. The predicted octanol–water partition coefficient (Wildman–Crippen LogP) is 2.55. The maximum Gasteiger partial charge on any atom is 0.191 e. The summed E-state index contributed by atoms with van der Waals surface area (Å²) in [5.74, 6) is 0.514. The van der Waals surface area contributed by atoms with Crippen molar-refractivity contribution in [1.82, 2.24) is 0 Å². The summed E-state index contributed by atoms with van der Waals surface area (Å²) >= 11 is 0. The van der Waals surface area contributed by atoms with Crippen molar-refractivity contribution < 1.29 is 14.3 Å². The molecule has 1 saturated carbocycles. The van der Waals surface area contributed by atoms with E-state index in [1.54, 1.807) is 0 Å². The Morgan fingerprint density at radius 1 is 1.29 bits per heavy atom. The van der Waals surface area contributed by atoms with Crippen molar-refractivity contribution in [3.63, 3.8) is 0 Å². The Morgan fingerprint density at radius 2 is 1.94 bits per heavy atom. The second-order valence-electron chi connectivity index (χ2n) is 7.03. The Bertz CT molecular complexity index is 285. The van der Waals surface area contributed by atoms with Gasteiger partial charge in [-0.25, -0.2) is 0 Å². The van der Waals surface area contributed by atoms with Crippen LogP contribution < -0.4 is 0 Å². The molecule has 0 bridgehead atoms. The molecule has 0 aromatic heterocycles. The zero-order valence-electron chi connectivity index (χ0n) is 11.7. The van der Waals surface area contributed by atoms with E-state index in [2.05, 4.69) is 33.9 Å². The summed E-state index contributed by atoms with van der Waals surface area (Å²) in [6.07, 6.45) is 2.18. The van der Waals surface area contributed by atoms with Crippen LogP contribution in [-0.4, -0.2) is 38.3 Å². The van der Waals surface area contributed by atoms with Crippen LogP contribution in [0.4, 0.5) is 0 Å². The second kappa shape index (κ2) is 4.33. The molecular formula is C13H26O3Si. The van der Waals surface area contributed by atoms with Crippen LogP contribution in [0.3, 0.4) is 0 Å². The van der Waals surface area contributed by atoms with Crippen LogP contribution in [0.2, 0.25) is 18.1 Å². The van der Waals surface area contributed by atoms with Gasteiger partial charge in [0.2, 0.25) is 0 Å². The summed E-state index contributed by atoms with van der Waals surface area (Å²) in [6.45, 7) is 12.2. The largest absolute Gasteiger partial charge is 0.417 e. The summed E-state index contributed by atoms with van der Waals surface area (Å²) in [7, 11) is -1.61. The third-order valence-electron chi connectivity index (χ3n) is 4.71. The SMILES string of the molecule is CC(C)(C)[Si](C)(C)OCC[C@H]1C[C@@H](O)[C@H]2O[C@@H]12. The van der Waals surface area contributed by atoms with Gasteiger partial charge in [-0.2, -0.15) is 0 Å². The van der Waals surface area contributed by atoms with Crippen LogP contribution in [0.25, 0.3) is 0 Å². The van der Waals surface area contributed by atoms with Crippen LogP contribution in [0.1, 0.15) is 33.6 Å². The van der Waals surface area contributed by atoms with Crippen LogP contribution in [0.15, 0.2) is 0 Å². The molecule has 1 N–H and O–H groups in total. The molecule has 1 aliphatic heterocycles. The standard InChI is InChI=1S/C13H26O3Si/c1-13(2,3)17(4,5)15-7-6-9-8-10(14)12-11(9)16-12/h9-12,14H,6-8H2,1-5H3/t9-,10+,11-,12+/m0/s1. The smallest absolute Gasteiger partial charge is 0.191 e. The highest BCUT2D eigenvalue weighted by atomic mass is 28.4. The molecule has 1 aliphatic carbocycles. The Labute approximate surface area is 106 Å². The molecule has 0 radical (unpaired) electrons. The summed E-state index contributed by atoms with van der Waals surface area (Å²) in [6, 6.07) is 0. The van der Waals surface area contributed by atoms with E-state index < -0.39 is 8.32 Å². The van der Waals surface area contributed by atoms with Gasteiger partial charge in [-0.05, 0) is 36.9 Å². The lowest BCUT2D eigenvalue weighted by Gasteiger charge is -2.36. The van der Waals surface area contributed by atoms with Crippen molar-refractivity contribution in [3.8, 4) is 0 Å². The topological polar surface area (TPSA) is 42.0 Å². The highest BCUT2D eigenvalue weighted by Crippen LogP contribution is 2.45. The Morgan fingerprint density at radius 3 is 2.35 bits per heavy atom. The van der Waals surface area contributed by atoms with Crippen LogP contribution >= 0.6 is 0 Å². The number of ether oxygens (including phenoxy) is 1. The Kier molecular flexibility index (Phi) is 3.45. The summed E-state index contributed by atoms with van der Waals surface area (Å²) in [5, 5.41) is 9.92. The van der Waals surface area contributed by atoms with Gasteiger partial charge in [-0.1, -0.05) is 20.8 Å². The number of rotatable bonds is 4. The fourth-order valence-corrected chi connectivity index (χ4v) is 3.43. The molecule has 0 spiro atoms. The molecule has 100 valence electrons. The number of aliphatic hydroxyl groups excluding tert-OH is 1. The van der Waals surface area contributed by atoms with Crippen LogP contribution in [-0.2, 0) is 9.16 Å². The normalized spacial score (nSPS) is 37.1. The molecule has 0 aromatic rings. The number of fused-ring (bicyclic) bond motifs is 1. The van der Waals surface area contributed by atoms with Crippen molar-refractivity contribution in [3.05, 3.63) is 0 Å². The first-order valence-corrected chi connectivity index (χ1v) is 9.61. The third-order valence-corrected chi connectivity index (χ3v) is 9.25. The van der Waals surface area contributed by atoms with Crippen molar-refractivity contribution in [2.24, 2.45) is 5.92 Å². The zero-order chi connectivity index (χ0) is 12.8. The monoisotopic (exact) mass is 258 g/mol. The highest BCUT2D eigenvalue weighted by Gasteiger charge is 2.55. The first-order chi connectivity index (χ1) is 7.72. The van der Waals surface area contributed by atoms with Gasteiger partial charge in [0.1, 0.15) is 6.10 Å². The summed E-state index contributed by atoms with van der Waals surface area (Å²) in [4.78, 5) is 0. The van der Waals surface area contributed by atoms with Crippen molar-refractivity contribution in [1.29, 1.82) is 0 Å². The molecule has 4 heteroatoms. The van der Waals surface area contributed by atoms with E-state index in [4.69, 9.17) is 9.16 Å². The quantitative estimate of drug-likeness (QED) is 0.622. The molecule has 2 aliphatic rings. The van der Waals surface area contributed by atoms with Crippen molar-refractivity contribution in [2.45, 2.75) is 70.1 Å². The van der Waals surface area contributed by atoms with E-state index in [1.807, 2.05) is 0 Å². The van der Waals surface area contributed by atoms with E-state index >= 15 is 0 Å². The zero-order valence-corrected chi connectivity index (χ0v) is 12.7. The average Bonchev–Trinajstić information content (AvgIpc) is 2.88. The summed E-state index contributed by atoms with van der Waals surface area (Å²) < 4.78 is 11.6. The first kappa shape index (κ1) is 13.5. The van der Waals surface area contributed by atoms with Gasteiger partial charge in [-0.15, -0.1) is 0 Å². The van der Waals surface area contributed by atoms with Crippen molar-refractivity contribution in [2.75, 3.05) is 6.61 Å². The molecule has 3 nitrogen and oxygen atoms in total. The third kappa shape index (κ3) is 2.75. The van der Waals surface area contributed by atoms with E-state index in [-0.39, 0.29) is 17.2 Å². The molecule has 0 aromatic carbocycles. The molecule has 0 unspecified atom stereocenters. The molecule has 4 atom stereocenters. The van der Waals surface area contributed by atoms with E-state index in [0.717, 1.165) is 19.4 Å². The van der Waals surface area contributed by atoms with Gasteiger partial charge in [0.25, 0.3) is 0 Å². The maximum absolute atomic E-state index is 9.64. The lowest BCUT2D eigenvalue weighted by atomic mass is 10.0. The molecule has 1 heterocycles. The molecule has 2 fully saturated rings. The van der Waals surface area contributed by atoms with Gasteiger partial charge in [-0.3, -0.25) is 0 Å². The van der Waals surface area contributed by atoms with Crippen LogP contribution in [0, 0.1) is 5.92 Å². The van der Waals surface area contributed by atoms with Crippen LogP contribution in [0.5, 0.6) is 0 Å². The molecular weight excluding hydrogens is 232 g/mol. The van der Waals surface area contributed by atoms with E-state index in [1.165, 1.54) is 0 Å². The molecule has 1 saturated heterocycles. The maximum atomic E-state index is 9.64. The highest BCUT2D eigenvalue weighted by molar-refractivity contribution is 6.74. The van der Waals surface area contributed by atoms with E-state index in [9.17, 15) is 5.11 Å². The van der Waals surface area contributed by atoms with Gasteiger partial charge >= 0.3 is 0 Å².